The third kappa shape index (κ3) is 4.54. The molecule has 0 amide bonds. The maximum absolute atomic E-state index is 6.10. The van der Waals surface area contributed by atoms with Gasteiger partial charge < -0.3 is 15.5 Å². The van der Waals surface area contributed by atoms with Crippen molar-refractivity contribution in [3.8, 4) is 0 Å². The summed E-state index contributed by atoms with van der Waals surface area (Å²) in [7, 11) is 4.03. The Morgan fingerprint density at radius 1 is 1.29 bits per heavy atom. The lowest BCUT2D eigenvalue weighted by molar-refractivity contribution is 0.425. The number of hydrogen-bond acceptors (Lipinski definition) is 6. The molecule has 112 valence electrons. The van der Waals surface area contributed by atoms with Crippen LogP contribution < -0.4 is 10.6 Å². The van der Waals surface area contributed by atoms with Gasteiger partial charge >= 0.3 is 0 Å². The highest BCUT2D eigenvalue weighted by Crippen LogP contribution is 2.25. The summed E-state index contributed by atoms with van der Waals surface area (Å²) >= 11 is 6.10. The van der Waals surface area contributed by atoms with Gasteiger partial charge in [0.1, 0.15) is 0 Å². The van der Waals surface area contributed by atoms with Crippen molar-refractivity contribution in [2.75, 3.05) is 37.8 Å². The summed E-state index contributed by atoms with van der Waals surface area (Å²) in [6.07, 6.45) is 1.58. The van der Waals surface area contributed by atoms with Crippen molar-refractivity contribution < 1.29 is 0 Å². The van der Waals surface area contributed by atoms with Crippen molar-refractivity contribution in [1.82, 2.24) is 20.1 Å². The highest BCUT2D eigenvalue weighted by atomic mass is 35.5. The van der Waals surface area contributed by atoms with Crippen LogP contribution in [0.2, 0.25) is 5.02 Å². The molecule has 21 heavy (non-hydrogen) atoms. The van der Waals surface area contributed by atoms with Crippen LogP contribution in [0.1, 0.15) is 5.56 Å². The van der Waals surface area contributed by atoms with E-state index in [0.29, 0.717) is 16.8 Å². The minimum absolute atomic E-state index is 0.501. The molecule has 0 atom stereocenters. The second kappa shape index (κ2) is 7.19. The van der Waals surface area contributed by atoms with E-state index >= 15 is 0 Å². The fourth-order valence-corrected chi connectivity index (χ4v) is 1.89. The van der Waals surface area contributed by atoms with E-state index < -0.39 is 0 Å². The van der Waals surface area contributed by atoms with Gasteiger partial charge in [-0.1, -0.05) is 17.7 Å². The number of nitrogens with one attached hydrogen (secondary N) is 2. The molecule has 0 saturated heterocycles. The summed E-state index contributed by atoms with van der Waals surface area (Å²) in [4.78, 5) is 6.46. The summed E-state index contributed by atoms with van der Waals surface area (Å²) in [6, 6.07) is 5.69. The number of rotatable bonds is 6. The van der Waals surface area contributed by atoms with Crippen LogP contribution in [0.25, 0.3) is 0 Å². The van der Waals surface area contributed by atoms with Gasteiger partial charge in [0.25, 0.3) is 0 Å². The molecule has 1 heterocycles. The molecule has 0 fully saturated rings. The molecule has 0 radical (unpaired) electrons. The molecule has 0 aliphatic rings. The van der Waals surface area contributed by atoms with Gasteiger partial charge in [-0.3, -0.25) is 0 Å². The number of nitrogens with zero attached hydrogens (tertiary/aromatic N) is 4. The number of likely N-dealkylation sites (N-methyl/N-ethyl adjacent to an activating group) is 1. The van der Waals surface area contributed by atoms with Crippen molar-refractivity contribution in [3.05, 3.63) is 35.0 Å². The van der Waals surface area contributed by atoms with Crippen molar-refractivity contribution in [3.63, 3.8) is 0 Å². The Kier molecular flexibility index (Phi) is 5.30. The van der Waals surface area contributed by atoms with Gasteiger partial charge in [-0.15, -0.1) is 5.10 Å². The van der Waals surface area contributed by atoms with Crippen LogP contribution in [0.15, 0.2) is 24.4 Å². The Morgan fingerprint density at radius 2 is 2.10 bits per heavy atom. The van der Waals surface area contributed by atoms with Crippen molar-refractivity contribution in [2.24, 2.45) is 0 Å². The first-order valence-electron chi connectivity index (χ1n) is 6.66. The topological polar surface area (TPSA) is 66.0 Å². The predicted octanol–water partition coefficient (Wildman–Crippen LogP) is 2.55. The minimum Gasteiger partial charge on any atom is -0.352 e. The number of anilines is 3. The number of hydrogen-bond donors (Lipinski definition) is 2. The Morgan fingerprint density at radius 3 is 2.86 bits per heavy atom. The van der Waals surface area contributed by atoms with Crippen LogP contribution in [0, 0.1) is 6.92 Å². The first kappa shape index (κ1) is 15.5. The average molecular weight is 307 g/mol. The molecule has 1 aromatic heterocycles. The Bertz CT molecular complexity index is 602. The number of halogens is 1. The molecule has 2 rings (SSSR count). The molecule has 2 N–H and O–H groups in total. The zero-order chi connectivity index (χ0) is 15.2. The van der Waals surface area contributed by atoms with Crippen LogP contribution >= 0.6 is 11.6 Å². The SMILES string of the molecule is Cc1c(Cl)cccc1Nc1cnnc(NCCN(C)C)n1. The van der Waals surface area contributed by atoms with Crippen LogP contribution in [0.5, 0.6) is 0 Å². The van der Waals surface area contributed by atoms with Crippen molar-refractivity contribution in [1.29, 1.82) is 0 Å². The zero-order valence-corrected chi connectivity index (χ0v) is 13.1. The maximum atomic E-state index is 6.10. The highest BCUT2D eigenvalue weighted by Gasteiger charge is 2.05. The molecule has 0 saturated carbocycles. The monoisotopic (exact) mass is 306 g/mol. The van der Waals surface area contributed by atoms with Crippen LogP contribution in [0.4, 0.5) is 17.5 Å². The smallest absolute Gasteiger partial charge is 0.244 e. The van der Waals surface area contributed by atoms with Crippen LogP contribution in [0.3, 0.4) is 0 Å². The Balaban J connectivity index is 2.05. The molecule has 0 unspecified atom stereocenters. The molecule has 0 aliphatic heterocycles. The third-order valence-electron chi connectivity index (χ3n) is 2.93. The average Bonchev–Trinajstić information content (AvgIpc) is 2.44. The molecule has 0 bridgehead atoms. The lowest BCUT2D eigenvalue weighted by atomic mass is 10.2. The van der Waals surface area contributed by atoms with E-state index in [1.165, 1.54) is 0 Å². The molecule has 6 nitrogen and oxygen atoms in total. The molecule has 2 aromatic rings. The van der Waals surface area contributed by atoms with Gasteiger partial charge in [0, 0.05) is 23.8 Å². The van der Waals surface area contributed by atoms with E-state index in [0.717, 1.165) is 24.3 Å². The Hall–Kier alpha value is -1.92. The third-order valence-corrected chi connectivity index (χ3v) is 3.34. The molecular weight excluding hydrogens is 288 g/mol. The fraction of sp³-hybridized carbons (Fsp3) is 0.357. The first-order chi connectivity index (χ1) is 10.1. The van der Waals surface area contributed by atoms with Gasteiger partial charge in [0.2, 0.25) is 5.95 Å². The highest BCUT2D eigenvalue weighted by molar-refractivity contribution is 6.31. The van der Waals surface area contributed by atoms with Gasteiger partial charge in [0.15, 0.2) is 5.82 Å². The summed E-state index contributed by atoms with van der Waals surface area (Å²) in [5, 5.41) is 15.0. The normalized spacial score (nSPS) is 10.7. The minimum atomic E-state index is 0.501. The number of aromatic nitrogens is 3. The molecule has 7 heteroatoms. The quantitative estimate of drug-likeness (QED) is 0.855. The van der Waals surface area contributed by atoms with Gasteiger partial charge in [-0.2, -0.15) is 10.1 Å². The summed E-state index contributed by atoms with van der Waals surface area (Å²) < 4.78 is 0. The van der Waals surface area contributed by atoms with Gasteiger partial charge in [-0.05, 0) is 38.7 Å². The Labute approximate surface area is 129 Å². The largest absolute Gasteiger partial charge is 0.352 e. The lowest BCUT2D eigenvalue weighted by Crippen LogP contribution is -2.21. The summed E-state index contributed by atoms with van der Waals surface area (Å²) in [5.74, 6) is 1.13. The standard InChI is InChI=1S/C14H19ClN6/c1-10-11(15)5-4-6-12(10)18-13-9-17-20-14(19-13)16-7-8-21(2)3/h4-6,9H,7-8H2,1-3H3,(H2,16,18,19,20). The van der Waals surface area contributed by atoms with E-state index in [-0.39, 0.29) is 0 Å². The van der Waals surface area contributed by atoms with Crippen molar-refractivity contribution in [2.45, 2.75) is 6.92 Å². The molecular formula is C14H19ClN6. The zero-order valence-electron chi connectivity index (χ0n) is 12.4. The van der Waals surface area contributed by atoms with E-state index in [4.69, 9.17) is 11.6 Å². The molecule has 0 aliphatic carbocycles. The number of benzene rings is 1. The second-order valence-electron chi connectivity index (χ2n) is 4.93. The van der Waals surface area contributed by atoms with Crippen molar-refractivity contribution >= 4 is 29.1 Å². The fourth-order valence-electron chi connectivity index (χ4n) is 1.71. The van der Waals surface area contributed by atoms with E-state index in [2.05, 4.69) is 30.7 Å². The van der Waals surface area contributed by atoms with E-state index in [1.54, 1.807) is 6.20 Å². The summed E-state index contributed by atoms with van der Waals surface area (Å²) in [6.45, 7) is 3.61. The summed E-state index contributed by atoms with van der Waals surface area (Å²) in [5.41, 5.74) is 1.88. The van der Waals surface area contributed by atoms with Crippen LogP contribution in [-0.2, 0) is 0 Å². The van der Waals surface area contributed by atoms with E-state index in [9.17, 15) is 0 Å². The molecule has 0 spiro atoms. The van der Waals surface area contributed by atoms with Crippen LogP contribution in [-0.4, -0.2) is 47.3 Å². The van der Waals surface area contributed by atoms with Gasteiger partial charge in [-0.25, -0.2) is 0 Å². The van der Waals surface area contributed by atoms with Gasteiger partial charge in [0.05, 0.1) is 6.20 Å². The predicted molar refractivity (Wildman–Crippen MR) is 86.3 cm³/mol. The lowest BCUT2D eigenvalue weighted by Gasteiger charge is -2.12. The maximum Gasteiger partial charge on any atom is 0.244 e. The second-order valence-corrected chi connectivity index (χ2v) is 5.34. The first-order valence-corrected chi connectivity index (χ1v) is 7.04. The molecule has 1 aromatic carbocycles. The van der Waals surface area contributed by atoms with E-state index in [1.807, 2.05) is 39.2 Å².